The molecule has 3 aromatic rings. The normalized spacial score (nSPS) is 13.6. The van der Waals surface area contributed by atoms with Gasteiger partial charge in [0.1, 0.15) is 5.75 Å². The molecule has 0 saturated carbocycles. The summed E-state index contributed by atoms with van der Waals surface area (Å²) in [5, 5.41) is 2.04. The first-order chi connectivity index (χ1) is 14.0. The molecule has 1 N–H and O–H groups in total. The smallest absolute Gasteiger partial charge is 0.261 e. The zero-order valence-electron chi connectivity index (χ0n) is 15.8. The predicted octanol–water partition coefficient (Wildman–Crippen LogP) is 3.76. The second-order valence-electron chi connectivity index (χ2n) is 6.71. The van der Waals surface area contributed by atoms with Crippen LogP contribution in [0.25, 0.3) is 0 Å². The Kier molecular flexibility index (Phi) is 5.29. The number of anilines is 1. The number of sulfonamides is 1. The second-order valence-corrected chi connectivity index (χ2v) is 9.39. The molecule has 0 aliphatic carbocycles. The van der Waals surface area contributed by atoms with Crippen LogP contribution < -0.4 is 9.46 Å². The van der Waals surface area contributed by atoms with Crippen LogP contribution in [0.15, 0.2) is 64.9 Å². The van der Waals surface area contributed by atoms with Crippen molar-refractivity contribution in [2.75, 3.05) is 18.4 Å². The Morgan fingerprint density at radius 3 is 2.69 bits per heavy atom. The number of nitrogens with zero attached hydrogens (tertiary/aromatic N) is 1. The first-order valence-corrected chi connectivity index (χ1v) is 11.4. The van der Waals surface area contributed by atoms with E-state index >= 15 is 0 Å². The first-order valence-electron chi connectivity index (χ1n) is 9.08. The summed E-state index contributed by atoms with van der Waals surface area (Å²) < 4.78 is 33.2. The number of carbonyl (C=O) groups is 1. The van der Waals surface area contributed by atoms with Gasteiger partial charge in [-0.15, -0.1) is 11.3 Å². The van der Waals surface area contributed by atoms with Crippen molar-refractivity contribution >= 4 is 33.0 Å². The lowest BCUT2D eigenvalue weighted by Crippen LogP contribution is -2.35. The molecule has 1 aromatic heterocycles. The van der Waals surface area contributed by atoms with Gasteiger partial charge in [0.2, 0.25) is 0 Å². The zero-order chi connectivity index (χ0) is 20.4. The van der Waals surface area contributed by atoms with Crippen molar-refractivity contribution in [3.05, 3.63) is 76.0 Å². The van der Waals surface area contributed by atoms with Gasteiger partial charge in [-0.05, 0) is 65.9 Å². The SMILES string of the molecule is COc1ccc(NS(=O)(=O)c2cccc(C(=O)N3CCc4sccc4C3)c2)cc1. The molecule has 0 saturated heterocycles. The number of thiophene rings is 1. The van der Waals surface area contributed by atoms with Gasteiger partial charge in [0.15, 0.2) is 0 Å². The Morgan fingerprint density at radius 1 is 1.14 bits per heavy atom. The number of hydrogen-bond acceptors (Lipinski definition) is 5. The maximum Gasteiger partial charge on any atom is 0.261 e. The summed E-state index contributed by atoms with van der Waals surface area (Å²) in [6.07, 6.45) is 0.829. The first kappa shape index (κ1) is 19.5. The van der Waals surface area contributed by atoms with Crippen LogP contribution in [-0.2, 0) is 23.0 Å². The van der Waals surface area contributed by atoms with E-state index in [9.17, 15) is 13.2 Å². The van der Waals surface area contributed by atoms with Gasteiger partial charge in [-0.25, -0.2) is 8.42 Å². The third-order valence-electron chi connectivity index (χ3n) is 4.83. The van der Waals surface area contributed by atoms with E-state index in [4.69, 9.17) is 4.74 Å². The van der Waals surface area contributed by atoms with Gasteiger partial charge in [0.25, 0.3) is 15.9 Å². The van der Waals surface area contributed by atoms with Crippen LogP contribution in [0.1, 0.15) is 20.8 Å². The van der Waals surface area contributed by atoms with Crippen LogP contribution in [0, 0.1) is 0 Å². The summed E-state index contributed by atoms with van der Waals surface area (Å²) in [7, 11) is -2.27. The molecule has 6 nitrogen and oxygen atoms in total. The molecule has 1 amide bonds. The van der Waals surface area contributed by atoms with Gasteiger partial charge in [-0.3, -0.25) is 9.52 Å². The van der Waals surface area contributed by atoms with E-state index in [2.05, 4.69) is 4.72 Å². The van der Waals surface area contributed by atoms with Crippen LogP contribution >= 0.6 is 11.3 Å². The van der Waals surface area contributed by atoms with Crippen LogP contribution in [0.2, 0.25) is 0 Å². The Balaban J connectivity index is 1.53. The fraction of sp³-hybridized carbons (Fsp3) is 0.190. The van der Waals surface area contributed by atoms with Gasteiger partial charge in [-0.1, -0.05) is 6.07 Å². The van der Waals surface area contributed by atoms with Crippen molar-refractivity contribution in [1.29, 1.82) is 0 Å². The average molecular weight is 429 g/mol. The molecule has 4 rings (SSSR count). The van der Waals surface area contributed by atoms with Crippen LogP contribution in [0.4, 0.5) is 5.69 Å². The molecule has 0 atom stereocenters. The Labute approximate surface area is 173 Å². The number of amides is 1. The van der Waals surface area contributed by atoms with Crippen molar-refractivity contribution in [3.63, 3.8) is 0 Å². The number of rotatable bonds is 5. The summed E-state index contributed by atoms with van der Waals surface area (Å²) >= 11 is 1.71. The van der Waals surface area contributed by atoms with Crippen LogP contribution in [0.3, 0.4) is 0 Å². The fourth-order valence-electron chi connectivity index (χ4n) is 3.27. The van der Waals surface area contributed by atoms with Crippen molar-refractivity contribution < 1.29 is 17.9 Å². The molecule has 0 unspecified atom stereocenters. The quantitative estimate of drug-likeness (QED) is 0.671. The number of carbonyl (C=O) groups excluding carboxylic acids is 1. The number of methoxy groups -OCH3 is 1. The van der Waals surface area contributed by atoms with Crippen molar-refractivity contribution in [2.24, 2.45) is 0 Å². The molecule has 1 aliphatic rings. The molecule has 29 heavy (non-hydrogen) atoms. The molecular weight excluding hydrogens is 408 g/mol. The molecule has 1 aliphatic heterocycles. The molecule has 0 fully saturated rings. The largest absolute Gasteiger partial charge is 0.497 e. The molecule has 2 heterocycles. The number of hydrogen-bond donors (Lipinski definition) is 1. The van der Waals surface area contributed by atoms with E-state index in [0.717, 1.165) is 6.42 Å². The third-order valence-corrected chi connectivity index (χ3v) is 7.23. The van der Waals surface area contributed by atoms with E-state index in [0.29, 0.717) is 30.1 Å². The van der Waals surface area contributed by atoms with Gasteiger partial charge in [0.05, 0.1) is 12.0 Å². The summed E-state index contributed by atoms with van der Waals surface area (Å²) in [6.45, 7) is 1.19. The van der Waals surface area contributed by atoms with E-state index in [-0.39, 0.29) is 10.8 Å². The van der Waals surface area contributed by atoms with Crippen molar-refractivity contribution in [3.8, 4) is 5.75 Å². The van der Waals surface area contributed by atoms with Gasteiger partial charge in [0, 0.05) is 29.2 Å². The highest BCUT2D eigenvalue weighted by Gasteiger charge is 2.24. The van der Waals surface area contributed by atoms with Crippen LogP contribution in [0.5, 0.6) is 5.75 Å². The monoisotopic (exact) mass is 428 g/mol. The molecule has 0 spiro atoms. The summed E-state index contributed by atoms with van der Waals surface area (Å²) in [5.74, 6) is 0.471. The minimum atomic E-state index is -3.82. The number of nitrogens with one attached hydrogen (secondary N) is 1. The van der Waals surface area contributed by atoms with Gasteiger partial charge >= 0.3 is 0 Å². The van der Waals surface area contributed by atoms with E-state index in [1.807, 2.05) is 11.4 Å². The van der Waals surface area contributed by atoms with E-state index in [1.54, 1.807) is 59.7 Å². The molecule has 2 aromatic carbocycles. The fourth-order valence-corrected chi connectivity index (χ4v) is 5.27. The lowest BCUT2D eigenvalue weighted by atomic mass is 10.1. The van der Waals surface area contributed by atoms with E-state index < -0.39 is 10.0 Å². The van der Waals surface area contributed by atoms with Gasteiger partial charge < -0.3 is 9.64 Å². The average Bonchev–Trinajstić information content (AvgIpc) is 3.21. The Morgan fingerprint density at radius 2 is 1.93 bits per heavy atom. The summed E-state index contributed by atoms with van der Waals surface area (Å²) in [4.78, 5) is 16.1. The maximum absolute atomic E-state index is 12.9. The molecular formula is C21H20N2O4S2. The Hall–Kier alpha value is -2.84. The minimum absolute atomic E-state index is 0.0485. The second kappa shape index (κ2) is 7.88. The van der Waals surface area contributed by atoms with E-state index in [1.165, 1.54) is 22.6 Å². The molecule has 8 heteroatoms. The molecule has 0 radical (unpaired) electrons. The number of fused-ring (bicyclic) bond motifs is 1. The number of benzene rings is 2. The van der Waals surface area contributed by atoms with Crippen molar-refractivity contribution in [1.82, 2.24) is 4.90 Å². The number of ether oxygens (including phenoxy) is 1. The maximum atomic E-state index is 12.9. The van der Waals surface area contributed by atoms with Crippen LogP contribution in [-0.4, -0.2) is 32.9 Å². The van der Waals surface area contributed by atoms with Gasteiger partial charge in [-0.2, -0.15) is 0 Å². The summed E-state index contributed by atoms with van der Waals surface area (Å²) in [5.41, 5.74) is 1.95. The topological polar surface area (TPSA) is 75.7 Å². The highest BCUT2D eigenvalue weighted by Crippen LogP contribution is 2.26. The standard InChI is InChI=1S/C21H20N2O4S2/c1-27-18-7-5-17(6-8-18)22-29(25,26)19-4-2-3-15(13-19)21(24)23-11-9-20-16(14-23)10-12-28-20/h2-8,10,12-13,22H,9,11,14H2,1H3. The molecule has 0 bridgehead atoms. The predicted molar refractivity (Wildman–Crippen MR) is 113 cm³/mol. The lowest BCUT2D eigenvalue weighted by Gasteiger charge is -2.27. The Bertz CT molecular complexity index is 1140. The van der Waals surface area contributed by atoms with Crippen molar-refractivity contribution in [2.45, 2.75) is 17.9 Å². The summed E-state index contributed by atoms with van der Waals surface area (Å²) in [6, 6.07) is 14.8. The zero-order valence-corrected chi connectivity index (χ0v) is 17.4. The third kappa shape index (κ3) is 4.13. The highest BCUT2D eigenvalue weighted by molar-refractivity contribution is 7.92. The minimum Gasteiger partial charge on any atom is -0.497 e. The molecule has 150 valence electrons. The highest BCUT2D eigenvalue weighted by atomic mass is 32.2. The lowest BCUT2D eigenvalue weighted by molar-refractivity contribution is 0.0735.